The predicted molar refractivity (Wildman–Crippen MR) is 107 cm³/mol. The summed E-state index contributed by atoms with van der Waals surface area (Å²) in [7, 11) is 0. The lowest BCUT2D eigenvalue weighted by Gasteiger charge is -2.12. The van der Waals surface area contributed by atoms with Crippen LogP contribution in [0.4, 0.5) is 11.4 Å². The molecule has 0 saturated carbocycles. The van der Waals surface area contributed by atoms with Crippen LogP contribution in [-0.4, -0.2) is 28.3 Å². The number of hydrogen-bond acceptors (Lipinski definition) is 6. The molecule has 0 unspecified atom stereocenters. The van der Waals surface area contributed by atoms with Crippen LogP contribution in [0.1, 0.15) is 22.8 Å². The topological polar surface area (TPSA) is 123 Å². The van der Waals surface area contributed by atoms with Crippen LogP contribution in [0.25, 0.3) is 0 Å². The molecular weight excluding hydrogens is 384 g/mol. The summed E-state index contributed by atoms with van der Waals surface area (Å²) in [5, 5.41) is 13.8. The fourth-order valence-electron chi connectivity index (χ4n) is 2.21. The van der Waals surface area contributed by atoms with Gasteiger partial charge in [0.25, 0.3) is 11.6 Å². The molecule has 0 atom stereocenters. The van der Waals surface area contributed by atoms with Crippen LogP contribution in [0.3, 0.4) is 0 Å². The average molecular weight is 402 g/mol. The minimum Gasteiger partial charge on any atom is -0.484 e. The summed E-state index contributed by atoms with van der Waals surface area (Å²) in [4.78, 5) is 33.5. The number of nitrogens with one attached hydrogen (secondary N) is 3. The lowest BCUT2D eigenvalue weighted by atomic mass is 10.1. The first kappa shape index (κ1) is 20.8. The molecule has 0 aliphatic rings. The van der Waals surface area contributed by atoms with Crippen molar-refractivity contribution in [3.63, 3.8) is 0 Å². The number of anilines is 1. The quantitative estimate of drug-likeness (QED) is 0.292. The standard InChI is InChI=1S/C18H18N4O5S/c1-11-8-15(6-7-16(11)22(25)26)27-10-17(24)20-21-18(28)19-14-5-3-4-13(9-14)12(2)23/h3-9H,10H2,1-2H3,(H,20,24)(H2,19,21,28). The lowest BCUT2D eigenvalue weighted by Crippen LogP contribution is -2.45. The molecule has 146 valence electrons. The van der Waals surface area contributed by atoms with Gasteiger partial charge in [-0.1, -0.05) is 12.1 Å². The molecule has 0 aromatic heterocycles. The largest absolute Gasteiger partial charge is 0.484 e. The molecule has 0 spiro atoms. The number of aryl methyl sites for hydroxylation is 1. The maximum Gasteiger partial charge on any atom is 0.276 e. The van der Waals surface area contributed by atoms with Crippen LogP contribution in [0.5, 0.6) is 5.75 Å². The van der Waals surface area contributed by atoms with E-state index in [-0.39, 0.29) is 23.2 Å². The summed E-state index contributed by atoms with van der Waals surface area (Å²) in [6, 6.07) is 11.0. The number of carbonyl (C=O) groups excluding carboxylic acids is 2. The SMILES string of the molecule is CC(=O)c1cccc(NC(=S)NNC(=O)COc2ccc([N+](=O)[O-])c(C)c2)c1. The maximum absolute atomic E-state index is 11.8. The monoisotopic (exact) mass is 402 g/mol. The van der Waals surface area contributed by atoms with Crippen LogP contribution in [0.2, 0.25) is 0 Å². The number of benzene rings is 2. The van der Waals surface area contributed by atoms with Crippen molar-refractivity contribution in [2.45, 2.75) is 13.8 Å². The molecule has 0 bridgehead atoms. The molecule has 0 aliphatic heterocycles. The third kappa shape index (κ3) is 6.02. The Morgan fingerprint density at radius 3 is 2.57 bits per heavy atom. The van der Waals surface area contributed by atoms with E-state index in [0.29, 0.717) is 22.6 Å². The normalized spacial score (nSPS) is 9.93. The first-order valence-electron chi connectivity index (χ1n) is 8.11. The Hall–Kier alpha value is -3.53. The molecule has 0 aliphatic carbocycles. The summed E-state index contributed by atoms with van der Waals surface area (Å²) >= 11 is 5.07. The van der Waals surface area contributed by atoms with Gasteiger partial charge in [0.1, 0.15) is 5.75 Å². The van der Waals surface area contributed by atoms with Gasteiger partial charge in [-0.15, -0.1) is 0 Å². The second-order valence-electron chi connectivity index (χ2n) is 5.76. The van der Waals surface area contributed by atoms with E-state index in [4.69, 9.17) is 17.0 Å². The van der Waals surface area contributed by atoms with Crippen LogP contribution in [0, 0.1) is 17.0 Å². The van der Waals surface area contributed by atoms with Crippen molar-refractivity contribution in [3.8, 4) is 5.75 Å². The van der Waals surface area contributed by atoms with E-state index in [1.165, 1.54) is 25.1 Å². The number of ether oxygens (including phenoxy) is 1. The Morgan fingerprint density at radius 2 is 1.93 bits per heavy atom. The van der Waals surface area contributed by atoms with Gasteiger partial charge < -0.3 is 10.1 Å². The summed E-state index contributed by atoms with van der Waals surface area (Å²) in [5.74, 6) is -0.243. The number of nitro groups is 1. The first-order valence-corrected chi connectivity index (χ1v) is 8.52. The number of carbonyl (C=O) groups is 2. The Morgan fingerprint density at radius 1 is 1.18 bits per heavy atom. The number of Topliss-reactive ketones (excluding diaryl/α,β-unsaturated/α-hetero) is 1. The highest BCUT2D eigenvalue weighted by Crippen LogP contribution is 2.22. The Kier molecular flexibility index (Phi) is 6.99. The molecule has 9 nitrogen and oxygen atoms in total. The van der Waals surface area contributed by atoms with Crippen LogP contribution in [-0.2, 0) is 4.79 Å². The molecule has 0 heterocycles. The first-order chi connectivity index (χ1) is 13.3. The van der Waals surface area contributed by atoms with Gasteiger partial charge in [0.2, 0.25) is 0 Å². The minimum absolute atomic E-state index is 0.0243. The van der Waals surface area contributed by atoms with Crippen molar-refractivity contribution < 1.29 is 19.2 Å². The van der Waals surface area contributed by atoms with Crippen LogP contribution in [0.15, 0.2) is 42.5 Å². The summed E-state index contributed by atoms with van der Waals surface area (Å²) in [5.41, 5.74) is 6.41. The Bertz CT molecular complexity index is 932. The Balaban J connectivity index is 1.80. The van der Waals surface area contributed by atoms with E-state index >= 15 is 0 Å². The third-order valence-corrected chi connectivity index (χ3v) is 3.78. The fraction of sp³-hybridized carbons (Fsp3) is 0.167. The van der Waals surface area contributed by atoms with E-state index in [0.717, 1.165) is 0 Å². The van der Waals surface area contributed by atoms with Gasteiger partial charge in [-0.3, -0.25) is 30.6 Å². The van der Waals surface area contributed by atoms with E-state index in [1.807, 2.05) is 0 Å². The van der Waals surface area contributed by atoms with E-state index in [9.17, 15) is 19.7 Å². The molecule has 2 rings (SSSR count). The molecule has 0 saturated heterocycles. The number of ketones is 1. The van der Waals surface area contributed by atoms with Gasteiger partial charge in [0.05, 0.1) is 4.92 Å². The van der Waals surface area contributed by atoms with Crippen molar-refractivity contribution >= 4 is 40.4 Å². The van der Waals surface area contributed by atoms with Crippen molar-refractivity contribution in [1.29, 1.82) is 0 Å². The number of thiocarbonyl (C=S) groups is 1. The second kappa shape index (κ2) is 9.42. The number of hydrazine groups is 1. The van der Waals surface area contributed by atoms with Gasteiger partial charge >= 0.3 is 0 Å². The summed E-state index contributed by atoms with van der Waals surface area (Å²) in [6.07, 6.45) is 0. The average Bonchev–Trinajstić information content (AvgIpc) is 2.64. The highest BCUT2D eigenvalue weighted by atomic mass is 32.1. The predicted octanol–water partition coefficient (Wildman–Crippen LogP) is 2.50. The van der Waals surface area contributed by atoms with Crippen LogP contribution >= 0.6 is 12.2 Å². The molecule has 2 aromatic rings. The number of rotatable bonds is 6. The zero-order chi connectivity index (χ0) is 20.7. The number of nitro benzene ring substituents is 1. The lowest BCUT2D eigenvalue weighted by molar-refractivity contribution is -0.385. The molecule has 28 heavy (non-hydrogen) atoms. The molecule has 10 heteroatoms. The van der Waals surface area contributed by atoms with Crippen LogP contribution < -0.4 is 20.9 Å². The van der Waals surface area contributed by atoms with Gasteiger partial charge in [-0.25, -0.2) is 0 Å². The van der Waals surface area contributed by atoms with Gasteiger partial charge in [-0.2, -0.15) is 0 Å². The van der Waals surface area contributed by atoms with Crippen molar-refractivity contribution in [1.82, 2.24) is 10.9 Å². The van der Waals surface area contributed by atoms with Crippen molar-refractivity contribution in [2.24, 2.45) is 0 Å². The molecular formula is C18H18N4O5S. The number of hydrogen-bond donors (Lipinski definition) is 3. The van der Waals surface area contributed by atoms with Gasteiger partial charge in [-0.05, 0) is 50.3 Å². The number of amides is 1. The molecule has 0 fully saturated rings. The molecule has 1 amide bonds. The molecule has 2 aromatic carbocycles. The van der Waals surface area contributed by atoms with E-state index in [1.54, 1.807) is 31.2 Å². The zero-order valence-electron chi connectivity index (χ0n) is 15.1. The zero-order valence-corrected chi connectivity index (χ0v) is 16.0. The molecule has 3 N–H and O–H groups in total. The van der Waals surface area contributed by atoms with Crippen molar-refractivity contribution in [2.75, 3.05) is 11.9 Å². The maximum atomic E-state index is 11.8. The fourth-order valence-corrected chi connectivity index (χ4v) is 2.38. The molecule has 0 radical (unpaired) electrons. The highest BCUT2D eigenvalue weighted by molar-refractivity contribution is 7.80. The van der Waals surface area contributed by atoms with E-state index in [2.05, 4.69) is 16.2 Å². The highest BCUT2D eigenvalue weighted by Gasteiger charge is 2.11. The van der Waals surface area contributed by atoms with Gasteiger partial charge in [0.15, 0.2) is 17.5 Å². The van der Waals surface area contributed by atoms with Crippen molar-refractivity contribution in [3.05, 3.63) is 63.7 Å². The second-order valence-corrected chi connectivity index (χ2v) is 6.17. The summed E-state index contributed by atoms with van der Waals surface area (Å²) in [6.45, 7) is 2.73. The van der Waals surface area contributed by atoms with E-state index < -0.39 is 10.8 Å². The number of nitrogens with zero attached hydrogens (tertiary/aromatic N) is 1. The minimum atomic E-state index is -0.502. The van der Waals surface area contributed by atoms with Gasteiger partial charge in [0, 0.05) is 22.9 Å². The third-order valence-electron chi connectivity index (χ3n) is 3.58. The summed E-state index contributed by atoms with van der Waals surface area (Å²) < 4.78 is 5.30. The Labute approximate surface area is 166 Å². The smallest absolute Gasteiger partial charge is 0.276 e.